The van der Waals surface area contributed by atoms with Crippen molar-refractivity contribution in [3.8, 4) is 17.1 Å². The molecule has 6 heteroatoms. The van der Waals surface area contributed by atoms with Crippen molar-refractivity contribution in [3.63, 3.8) is 0 Å². The zero-order valence-electron chi connectivity index (χ0n) is 11.5. The number of aromatic nitrogens is 3. The monoisotopic (exact) mass is 274 g/mol. The molecule has 2 aromatic heterocycles. The number of nitrogens with zero attached hydrogens (tertiary/aromatic N) is 3. The van der Waals surface area contributed by atoms with Gasteiger partial charge in [0.2, 0.25) is 0 Å². The lowest BCUT2D eigenvalue weighted by Crippen LogP contribution is -2.35. The van der Waals surface area contributed by atoms with Crippen molar-refractivity contribution in [2.24, 2.45) is 0 Å². The molecule has 3 heterocycles. The smallest absolute Gasteiger partial charge is 0.148 e. The zero-order valence-corrected chi connectivity index (χ0v) is 11.5. The van der Waals surface area contributed by atoms with Crippen molar-refractivity contribution in [3.05, 3.63) is 29.8 Å². The number of morpholine rings is 1. The fourth-order valence-electron chi connectivity index (χ4n) is 2.42. The second-order valence-corrected chi connectivity index (χ2v) is 4.92. The summed E-state index contributed by atoms with van der Waals surface area (Å²) in [6.45, 7) is 5.82. The van der Waals surface area contributed by atoms with Gasteiger partial charge in [-0.25, -0.2) is 4.98 Å². The number of ether oxygens (including phenoxy) is 1. The molecule has 0 amide bonds. The second-order valence-electron chi connectivity index (χ2n) is 4.92. The number of H-pyrrole nitrogens is 1. The minimum atomic E-state index is 0.200. The molecule has 0 aliphatic carbocycles. The number of hydrogen-bond acceptors (Lipinski definition) is 5. The van der Waals surface area contributed by atoms with E-state index in [1.165, 1.54) is 0 Å². The first-order valence-electron chi connectivity index (χ1n) is 6.73. The molecule has 0 aromatic carbocycles. The quantitative estimate of drug-likeness (QED) is 0.883. The van der Waals surface area contributed by atoms with Crippen molar-refractivity contribution in [2.75, 3.05) is 26.3 Å². The summed E-state index contributed by atoms with van der Waals surface area (Å²) in [6.07, 6.45) is 5.26. The van der Waals surface area contributed by atoms with Crippen LogP contribution in [0.3, 0.4) is 0 Å². The van der Waals surface area contributed by atoms with E-state index >= 15 is 0 Å². The Hall–Kier alpha value is -1.92. The van der Waals surface area contributed by atoms with E-state index < -0.39 is 0 Å². The van der Waals surface area contributed by atoms with Gasteiger partial charge in [0.15, 0.2) is 0 Å². The van der Waals surface area contributed by atoms with E-state index in [0.29, 0.717) is 11.5 Å². The Morgan fingerprint density at radius 1 is 1.35 bits per heavy atom. The Labute approximate surface area is 117 Å². The average Bonchev–Trinajstić information content (AvgIpc) is 2.98. The van der Waals surface area contributed by atoms with Crippen LogP contribution in [0.4, 0.5) is 0 Å². The maximum absolute atomic E-state index is 10.3. The fourth-order valence-corrected chi connectivity index (χ4v) is 2.42. The minimum Gasteiger partial charge on any atom is -0.505 e. The van der Waals surface area contributed by atoms with Crippen molar-refractivity contribution in [2.45, 2.75) is 13.5 Å². The number of aromatic hydroxyl groups is 1. The molecule has 1 fully saturated rings. The van der Waals surface area contributed by atoms with Gasteiger partial charge in [-0.15, -0.1) is 0 Å². The summed E-state index contributed by atoms with van der Waals surface area (Å²) >= 11 is 0. The van der Waals surface area contributed by atoms with Crippen LogP contribution < -0.4 is 0 Å². The van der Waals surface area contributed by atoms with Crippen molar-refractivity contribution < 1.29 is 9.84 Å². The van der Waals surface area contributed by atoms with Gasteiger partial charge in [-0.3, -0.25) is 9.88 Å². The first-order valence-corrected chi connectivity index (χ1v) is 6.73. The minimum absolute atomic E-state index is 0.200. The number of aromatic amines is 1. The molecule has 1 saturated heterocycles. The molecule has 2 N–H and O–H groups in total. The molecule has 0 atom stereocenters. The van der Waals surface area contributed by atoms with Gasteiger partial charge >= 0.3 is 0 Å². The summed E-state index contributed by atoms with van der Waals surface area (Å²) in [5.74, 6) is 0.877. The standard InChI is InChI=1S/C14H18N4O2/c1-10-13(19)12(14-15-2-3-16-14)11(8-17-10)9-18-4-6-20-7-5-18/h2-3,8,19H,4-7,9H2,1H3,(H,15,16). The third kappa shape index (κ3) is 2.52. The van der Waals surface area contributed by atoms with Crippen LogP contribution in [-0.4, -0.2) is 51.3 Å². The third-order valence-electron chi connectivity index (χ3n) is 3.55. The van der Waals surface area contributed by atoms with Gasteiger partial charge in [-0.2, -0.15) is 0 Å². The van der Waals surface area contributed by atoms with Crippen molar-refractivity contribution in [1.82, 2.24) is 19.9 Å². The zero-order chi connectivity index (χ0) is 13.9. The van der Waals surface area contributed by atoms with E-state index in [9.17, 15) is 5.11 Å². The van der Waals surface area contributed by atoms with E-state index in [4.69, 9.17) is 4.74 Å². The van der Waals surface area contributed by atoms with Crippen LogP contribution >= 0.6 is 0 Å². The summed E-state index contributed by atoms with van der Waals surface area (Å²) in [4.78, 5) is 13.9. The molecular weight excluding hydrogens is 256 g/mol. The molecule has 6 nitrogen and oxygen atoms in total. The van der Waals surface area contributed by atoms with Crippen LogP contribution in [0.2, 0.25) is 0 Å². The highest BCUT2D eigenvalue weighted by Gasteiger charge is 2.19. The maximum atomic E-state index is 10.3. The second kappa shape index (κ2) is 5.60. The average molecular weight is 274 g/mol. The van der Waals surface area contributed by atoms with E-state index in [1.54, 1.807) is 19.3 Å². The van der Waals surface area contributed by atoms with Crippen LogP contribution in [0, 0.1) is 6.92 Å². The molecular formula is C14H18N4O2. The summed E-state index contributed by atoms with van der Waals surface area (Å²) in [6, 6.07) is 0. The molecule has 0 spiro atoms. The molecule has 0 unspecified atom stereocenters. The predicted octanol–water partition coefficient (Wildman–Crippen LogP) is 1.32. The van der Waals surface area contributed by atoms with E-state index in [0.717, 1.165) is 44.0 Å². The lowest BCUT2D eigenvalue weighted by molar-refractivity contribution is 0.0342. The van der Waals surface area contributed by atoms with Gasteiger partial charge in [0.1, 0.15) is 11.6 Å². The highest BCUT2D eigenvalue weighted by atomic mass is 16.5. The number of aryl methyl sites for hydroxylation is 1. The Balaban J connectivity index is 1.95. The van der Waals surface area contributed by atoms with Crippen LogP contribution in [0.15, 0.2) is 18.6 Å². The third-order valence-corrected chi connectivity index (χ3v) is 3.55. The van der Waals surface area contributed by atoms with Crippen LogP contribution in [0.5, 0.6) is 5.75 Å². The SMILES string of the molecule is Cc1ncc(CN2CCOCC2)c(-c2ncc[nH]2)c1O. The topological polar surface area (TPSA) is 74.3 Å². The number of nitrogens with one attached hydrogen (secondary N) is 1. The van der Waals surface area contributed by atoms with Crippen LogP contribution in [-0.2, 0) is 11.3 Å². The van der Waals surface area contributed by atoms with Crippen molar-refractivity contribution in [1.29, 1.82) is 0 Å². The number of rotatable bonds is 3. The first-order chi connectivity index (χ1) is 9.75. The number of pyridine rings is 1. The van der Waals surface area contributed by atoms with Crippen LogP contribution in [0.25, 0.3) is 11.4 Å². The van der Waals surface area contributed by atoms with Gasteiger partial charge in [-0.1, -0.05) is 0 Å². The lowest BCUT2D eigenvalue weighted by atomic mass is 10.1. The fraction of sp³-hybridized carbons (Fsp3) is 0.429. The van der Waals surface area contributed by atoms with Gasteiger partial charge in [0, 0.05) is 38.2 Å². The molecule has 0 saturated carbocycles. The highest BCUT2D eigenvalue weighted by Crippen LogP contribution is 2.32. The number of hydrogen-bond donors (Lipinski definition) is 2. The summed E-state index contributed by atoms with van der Waals surface area (Å²) in [7, 11) is 0. The molecule has 0 radical (unpaired) electrons. The Morgan fingerprint density at radius 3 is 2.85 bits per heavy atom. The largest absolute Gasteiger partial charge is 0.505 e. The molecule has 0 bridgehead atoms. The van der Waals surface area contributed by atoms with Gasteiger partial charge in [0.05, 0.1) is 24.5 Å². The first kappa shape index (κ1) is 13.1. The molecule has 106 valence electrons. The maximum Gasteiger partial charge on any atom is 0.148 e. The van der Waals surface area contributed by atoms with Crippen molar-refractivity contribution >= 4 is 0 Å². The molecule has 1 aliphatic heterocycles. The Kier molecular flexibility index (Phi) is 3.66. The number of imidazole rings is 1. The molecule has 1 aliphatic rings. The summed E-state index contributed by atoms with van der Waals surface area (Å²) < 4.78 is 5.36. The summed E-state index contributed by atoms with van der Waals surface area (Å²) in [5.41, 5.74) is 2.33. The van der Waals surface area contributed by atoms with Gasteiger partial charge in [0.25, 0.3) is 0 Å². The lowest BCUT2D eigenvalue weighted by Gasteiger charge is -2.27. The highest BCUT2D eigenvalue weighted by molar-refractivity contribution is 5.68. The normalized spacial score (nSPS) is 16.4. The van der Waals surface area contributed by atoms with E-state index in [2.05, 4.69) is 19.9 Å². The Morgan fingerprint density at radius 2 is 2.15 bits per heavy atom. The van der Waals surface area contributed by atoms with Gasteiger partial charge in [-0.05, 0) is 12.5 Å². The molecule has 20 heavy (non-hydrogen) atoms. The molecule has 2 aromatic rings. The van der Waals surface area contributed by atoms with Gasteiger partial charge < -0.3 is 14.8 Å². The molecule has 3 rings (SSSR count). The summed E-state index contributed by atoms with van der Waals surface area (Å²) in [5, 5.41) is 10.3. The Bertz CT molecular complexity index is 577. The van der Waals surface area contributed by atoms with Crippen LogP contribution in [0.1, 0.15) is 11.3 Å². The predicted molar refractivity (Wildman–Crippen MR) is 74.3 cm³/mol. The van der Waals surface area contributed by atoms with E-state index in [1.807, 2.05) is 6.20 Å². The van der Waals surface area contributed by atoms with E-state index in [-0.39, 0.29) is 5.75 Å².